The number of benzene rings is 4. The van der Waals surface area contributed by atoms with Gasteiger partial charge in [0.2, 0.25) is 0 Å². The van der Waals surface area contributed by atoms with Crippen LogP contribution in [-0.2, 0) is 54.8 Å². The Morgan fingerprint density at radius 1 is 0.636 bits per heavy atom. The van der Waals surface area contributed by atoms with Crippen molar-refractivity contribution in [3.8, 4) is 17.2 Å². The van der Waals surface area contributed by atoms with Gasteiger partial charge < -0.3 is 19.9 Å². The molecule has 0 unspecified atom stereocenters. The number of aromatic hydroxyl groups is 1. The van der Waals surface area contributed by atoms with Crippen LogP contribution >= 0.6 is 0 Å². The second-order valence-corrected chi connectivity index (χ2v) is 17.9. The van der Waals surface area contributed by atoms with Crippen LogP contribution in [-0.4, -0.2) is 99.0 Å². The van der Waals surface area contributed by atoms with Gasteiger partial charge in [0.25, 0.3) is 30.4 Å². The molecule has 0 bridgehead atoms. The van der Waals surface area contributed by atoms with Crippen molar-refractivity contribution in [1.82, 2.24) is 0 Å². The zero-order valence-corrected chi connectivity index (χ0v) is 32.0. The zero-order valence-electron chi connectivity index (χ0n) is 27.9. The fourth-order valence-electron chi connectivity index (χ4n) is 4.73. The first-order valence-electron chi connectivity index (χ1n) is 14.3. The third-order valence-corrected chi connectivity index (χ3v) is 11.9. The monoisotopic (exact) mass is 869 g/mol. The molecule has 0 aliphatic heterocycles. The highest BCUT2D eigenvalue weighted by molar-refractivity contribution is 7.91. The Morgan fingerprint density at radius 2 is 1.24 bits per heavy atom. The molecule has 0 aromatic heterocycles. The molecule has 298 valence electrons. The molecule has 0 aliphatic carbocycles. The van der Waals surface area contributed by atoms with Gasteiger partial charge in [-0.1, -0.05) is 0 Å². The van der Waals surface area contributed by atoms with Crippen molar-refractivity contribution in [2.75, 3.05) is 38.9 Å². The third-order valence-electron chi connectivity index (χ3n) is 7.14. The quantitative estimate of drug-likeness (QED) is 0.0731. The van der Waals surface area contributed by atoms with Crippen molar-refractivity contribution >= 4 is 89.8 Å². The Balaban J connectivity index is 1.93. The van der Waals surface area contributed by atoms with Crippen LogP contribution in [0.3, 0.4) is 0 Å². The zero-order chi connectivity index (χ0) is 41.3. The van der Waals surface area contributed by atoms with Crippen LogP contribution in [0.5, 0.6) is 17.2 Å². The van der Waals surface area contributed by atoms with Crippen LogP contribution in [0, 0.1) is 0 Å². The average molecular weight is 870 g/mol. The van der Waals surface area contributed by atoms with Gasteiger partial charge in [0.1, 0.15) is 48.9 Å². The summed E-state index contributed by atoms with van der Waals surface area (Å²) in [6, 6.07) is 7.21. The number of nitrogens with zero attached hydrogens (tertiary/aromatic N) is 4. The number of methoxy groups -OCH3 is 2. The Labute approximate surface area is 312 Å². The Bertz CT molecular complexity index is 2830. The summed E-state index contributed by atoms with van der Waals surface area (Å²) in [6.07, 6.45) is 0. The van der Waals surface area contributed by atoms with Gasteiger partial charge in [-0.05, 0) is 36.4 Å². The average Bonchev–Trinajstić information content (AvgIpc) is 3.07. The maximum absolute atomic E-state index is 12.7. The summed E-state index contributed by atoms with van der Waals surface area (Å²) in [5.41, 5.74) is -1.92. The number of nitrogens with one attached hydrogen (secondary N) is 1. The number of phenols is 1. The first-order chi connectivity index (χ1) is 25.3. The predicted octanol–water partition coefficient (Wildman–Crippen LogP) is 3.77. The molecule has 55 heavy (non-hydrogen) atoms. The number of hydrogen-bond acceptors (Lipinski definition) is 19. The topological polar surface area (TPSA) is 361 Å². The van der Waals surface area contributed by atoms with E-state index in [2.05, 4.69) is 30.0 Å². The van der Waals surface area contributed by atoms with Gasteiger partial charge in [0.05, 0.1) is 37.2 Å². The number of hydrogen-bond donors (Lipinski definition) is 6. The minimum atomic E-state index is -5.24. The summed E-state index contributed by atoms with van der Waals surface area (Å²) in [6.45, 7) is -1.04. The number of rotatable bonds is 15. The Kier molecular flexibility index (Phi) is 12.2. The maximum Gasteiger partial charge on any atom is 0.397 e. The Hall–Kier alpha value is -4.91. The third kappa shape index (κ3) is 9.86. The number of anilines is 1. The van der Waals surface area contributed by atoms with Crippen molar-refractivity contribution in [2.45, 2.75) is 19.6 Å². The molecule has 0 saturated heterocycles. The molecule has 6 N–H and O–H groups in total. The molecule has 0 aliphatic rings. The van der Waals surface area contributed by atoms with E-state index >= 15 is 0 Å². The molecule has 0 heterocycles. The SMILES string of the molecule is CNc1ccc2c(OC)c(/N=N/c3cc(OC)c(S(=O)(=O)O)cc3O)c(S(=O)(=O)O)cc2c1/N=N/c1ccc(S(=O)(=O)CCOS(=O)(=O)O)cc1S(=O)(=O)O. The molecular weight excluding hydrogens is 843 g/mol. The van der Waals surface area contributed by atoms with Gasteiger partial charge in [-0.15, -0.1) is 20.5 Å². The lowest BCUT2D eigenvalue weighted by Crippen LogP contribution is -2.16. The van der Waals surface area contributed by atoms with E-state index in [0.717, 1.165) is 38.5 Å². The largest absolute Gasteiger partial charge is 0.506 e. The van der Waals surface area contributed by atoms with Gasteiger partial charge in [-0.2, -0.15) is 33.7 Å². The van der Waals surface area contributed by atoms with E-state index in [9.17, 15) is 60.9 Å². The van der Waals surface area contributed by atoms with E-state index < -0.39 is 111 Å². The van der Waals surface area contributed by atoms with E-state index in [0.29, 0.717) is 12.1 Å². The summed E-state index contributed by atoms with van der Waals surface area (Å²) in [7, 11) is -21.3. The molecule has 4 aromatic carbocycles. The first-order valence-corrected chi connectivity index (χ1v) is 21.7. The lowest BCUT2D eigenvalue weighted by molar-refractivity contribution is 0.284. The van der Waals surface area contributed by atoms with E-state index in [1.807, 2.05) is 0 Å². The number of sulfone groups is 1. The van der Waals surface area contributed by atoms with Gasteiger partial charge in [-0.3, -0.25) is 18.2 Å². The molecule has 0 fully saturated rings. The van der Waals surface area contributed by atoms with Gasteiger partial charge >= 0.3 is 10.4 Å². The van der Waals surface area contributed by atoms with E-state index in [4.69, 9.17) is 14.0 Å². The normalized spacial score (nSPS) is 13.1. The second kappa shape index (κ2) is 15.7. The van der Waals surface area contributed by atoms with Crippen molar-refractivity contribution in [3.05, 3.63) is 48.5 Å². The van der Waals surface area contributed by atoms with Crippen LogP contribution in [0.4, 0.5) is 28.4 Å². The van der Waals surface area contributed by atoms with Gasteiger partial charge in [0, 0.05) is 30.0 Å². The second-order valence-electron chi connectivity index (χ2n) is 10.6. The molecule has 4 aromatic rings. The number of phenolic OH excluding ortho intramolecular Hbond substituents is 1. The molecule has 0 atom stereocenters. The van der Waals surface area contributed by atoms with Crippen LogP contribution < -0.4 is 14.8 Å². The highest BCUT2D eigenvalue weighted by atomic mass is 32.3. The molecule has 4 rings (SSSR count). The fourth-order valence-corrected chi connectivity index (χ4v) is 8.27. The van der Waals surface area contributed by atoms with Gasteiger partial charge in [-0.25, -0.2) is 12.6 Å². The summed E-state index contributed by atoms with van der Waals surface area (Å²) in [5.74, 6) is -2.76. The molecule has 0 spiro atoms. The maximum atomic E-state index is 12.7. The highest BCUT2D eigenvalue weighted by Crippen LogP contribution is 2.48. The number of azo groups is 2. The molecule has 23 nitrogen and oxygen atoms in total. The summed E-state index contributed by atoms with van der Waals surface area (Å²) in [4.78, 5) is -3.60. The molecule has 0 amide bonds. The standard InChI is InChI=1S/C27H27N5O18S5/c1-28-18-7-5-15-16(25(18)31-29-17-6-4-14(10-22(17)52(36,37)38)51(34,35)9-8-50-55(45,46)47)11-24(54(42,43)44)26(27(15)49-3)32-30-19-12-21(48-2)23(13-20(19)33)53(39,40)41/h4-7,10-13,28,33H,8-9H2,1-3H3,(H,36,37,38)(H,39,40,41)(H,42,43,44)(H,45,46,47)/b31-29+,32-30+. The van der Waals surface area contributed by atoms with Crippen LogP contribution in [0.1, 0.15) is 0 Å². The smallest absolute Gasteiger partial charge is 0.397 e. The number of ether oxygens (including phenoxy) is 2. The summed E-state index contributed by atoms with van der Waals surface area (Å²) in [5, 5.41) is 28.4. The van der Waals surface area contributed by atoms with Gasteiger partial charge in [0.15, 0.2) is 15.6 Å². The molecular formula is C27H27N5O18S5. The lowest BCUT2D eigenvalue weighted by Gasteiger charge is -2.15. The van der Waals surface area contributed by atoms with Crippen LogP contribution in [0.15, 0.2) is 88.6 Å². The minimum Gasteiger partial charge on any atom is -0.506 e. The predicted molar refractivity (Wildman–Crippen MR) is 188 cm³/mol. The highest BCUT2D eigenvalue weighted by Gasteiger charge is 2.27. The minimum absolute atomic E-state index is 0.0175. The molecule has 28 heteroatoms. The number of fused-ring (bicyclic) bond motifs is 1. The summed E-state index contributed by atoms with van der Waals surface area (Å²) < 4.78 is 173. The van der Waals surface area contributed by atoms with Crippen molar-refractivity contribution < 1.29 is 79.1 Å². The van der Waals surface area contributed by atoms with E-state index in [-0.39, 0.29) is 27.9 Å². The van der Waals surface area contributed by atoms with E-state index in [1.165, 1.54) is 19.2 Å². The lowest BCUT2D eigenvalue weighted by atomic mass is 10.0. The van der Waals surface area contributed by atoms with Crippen molar-refractivity contribution in [2.24, 2.45) is 20.5 Å². The van der Waals surface area contributed by atoms with Crippen LogP contribution in [0.25, 0.3) is 10.8 Å². The van der Waals surface area contributed by atoms with Crippen molar-refractivity contribution in [1.29, 1.82) is 0 Å². The van der Waals surface area contributed by atoms with E-state index in [1.54, 1.807) is 0 Å². The van der Waals surface area contributed by atoms with Crippen molar-refractivity contribution in [3.63, 3.8) is 0 Å². The fraction of sp³-hybridized carbons (Fsp3) is 0.185. The first kappa shape index (κ1) is 42.8. The Morgan fingerprint density at radius 3 is 1.78 bits per heavy atom. The van der Waals surface area contributed by atoms with Crippen LogP contribution in [0.2, 0.25) is 0 Å². The molecule has 0 saturated carbocycles. The molecule has 0 radical (unpaired) electrons. The summed E-state index contributed by atoms with van der Waals surface area (Å²) >= 11 is 0.